The van der Waals surface area contributed by atoms with Gasteiger partial charge in [0.05, 0.1) is 20.4 Å². The Morgan fingerprint density at radius 2 is 1.61 bits per heavy atom. The van der Waals surface area contributed by atoms with Gasteiger partial charge in [-0.05, 0) is 23.8 Å². The molecule has 0 aromatic heterocycles. The lowest BCUT2D eigenvalue weighted by molar-refractivity contribution is 0.613. The van der Waals surface area contributed by atoms with Crippen LogP contribution in [0.25, 0.3) is 0 Å². The van der Waals surface area contributed by atoms with E-state index in [4.69, 9.17) is 46.4 Å². The van der Waals surface area contributed by atoms with E-state index in [2.05, 4.69) is 0 Å². The van der Waals surface area contributed by atoms with Gasteiger partial charge >= 0.3 is 0 Å². The third-order valence-electron chi connectivity index (χ3n) is 2.49. The molecule has 0 aliphatic rings. The van der Waals surface area contributed by atoms with Crippen molar-refractivity contribution in [2.24, 2.45) is 0 Å². The Morgan fingerprint density at radius 1 is 0.889 bits per heavy atom. The minimum Gasteiger partial charge on any atom is -0.205 e. The normalized spacial score (nSPS) is 12.5. The zero-order chi connectivity index (χ0) is 13.3. The first-order valence-corrected chi connectivity index (χ1v) is 6.60. The van der Waals surface area contributed by atoms with Gasteiger partial charge in [-0.15, -0.1) is 11.6 Å². The lowest BCUT2D eigenvalue weighted by atomic mass is 10.0. The molecule has 0 radical (unpaired) electrons. The van der Waals surface area contributed by atoms with Crippen LogP contribution in [0.5, 0.6) is 0 Å². The van der Waals surface area contributed by atoms with Crippen LogP contribution in [0.2, 0.25) is 15.1 Å². The van der Waals surface area contributed by atoms with Crippen LogP contribution >= 0.6 is 46.4 Å². The van der Waals surface area contributed by atoms with Crippen molar-refractivity contribution < 1.29 is 4.39 Å². The van der Waals surface area contributed by atoms with Crippen LogP contribution in [-0.2, 0) is 0 Å². The van der Waals surface area contributed by atoms with Crippen LogP contribution in [0.1, 0.15) is 16.5 Å². The molecule has 0 fully saturated rings. The minimum atomic E-state index is -0.668. The Morgan fingerprint density at radius 3 is 2.28 bits per heavy atom. The molecule has 0 aliphatic carbocycles. The van der Waals surface area contributed by atoms with Gasteiger partial charge in [-0.25, -0.2) is 4.39 Å². The van der Waals surface area contributed by atoms with Crippen molar-refractivity contribution >= 4 is 46.4 Å². The summed E-state index contributed by atoms with van der Waals surface area (Å²) in [5, 5.41) is 0.176. The molecule has 94 valence electrons. The molecule has 0 nitrogen and oxygen atoms in total. The molecule has 2 aromatic rings. The van der Waals surface area contributed by atoms with E-state index in [0.717, 1.165) is 0 Å². The lowest BCUT2D eigenvalue weighted by Gasteiger charge is -2.12. The fraction of sp³-hybridized carbons (Fsp3) is 0.0769. The second-order valence-corrected chi connectivity index (χ2v) is 5.34. The second kappa shape index (κ2) is 5.66. The predicted octanol–water partition coefficient (Wildman–Crippen LogP) is 6.11. The van der Waals surface area contributed by atoms with Crippen molar-refractivity contribution in [1.82, 2.24) is 0 Å². The maximum Gasteiger partial charge on any atom is 0.146 e. The van der Waals surface area contributed by atoms with Crippen molar-refractivity contribution in [2.45, 2.75) is 5.38 Å². The summed E-state index contributed by atoms with van der Waals surface area (Å²) in [4.78, 5) is 0. The first-order chi connectivity index (χ1) is 8.50. The SMILES string of the molecule is Fc1c(Cl)cccc1C(Cl)c1ccc(Cl)c(Cl)c1. The number of rotatable bonds is 2. The van der Waals surface area contributed by atoms with Crippen LogP contribution in [0.3, 0.4) is 0 Å². The average molecular weight is 324 g/mol. The second-order valence-electron chi connectivity index (χ2n) is 3.68. The third-order valence-corrected chi connectivity index (χ3v) is 4.01. The minimum absolute atomic E-state index is 0.0400. The van der Waals surface area contributed by atoms with Gasteiger partial charge < -0.3 is 0 Å². The molecule has 0 N–H and O–H groups in total. The highest BCUT2D eigenvalue weighted by atomic mass is 35.5. The van der Waals surface area contributed by atoms with Gasteiger partial charge in [0.25, 0.3) is 0 Å². The fourth-order valence-electron chi connectivity index (χ4n) is 1.57. The molecule has 2 rings (SSSR count). The molecule has 0 heterocycles. The summed E-state index contributed by atoms with van der Waals surface area (Å²) in [6, 6.07) is 9.64. The fourth-order valence-corrected chi connectivity index (χ4v) is 2.36. The summed E-state index contributed by atoms with van der Waals surface area (Å²) in [7, 11) is 0. The maximum absolute atomic E-state index is 13.8. The molecular formula is C13H7Cl4F. The lowest BCUT2D eigenvalue weighted by Crippen LogP contribution is -1.97. The number of benzene rings is 2. The topological polar surface area (TPSA) is 0 Å². The van der Waals surface area contributed by atoms with Crippen LogP contribution in [0.15, 0.2) is 36.4 Å². The highest BCUT2D eigenvalue weighted by molar-refractivity contribution is 6.42. The van der Waals surface area contributed by atoms with Crippen LogP contribution < -0.4 is 0 Å². The van der Waals surface area contributed by atoms with Crippen LogP contribution in [0, 0.1) is 5.82 Å². The molecule has 0 bridgehead atoms. The van der Waals surface area contributed by atoms with Crippen LogP contribution in [-0.4, -0.2) is 0 Å². The summed E-state index contributed by atoms with van der Waals surface area (Å²) >= 11 is 23.7. The van der Waals surface area contributed by atoms with E-state index in [1.807, 2.05) is 0 Å². The molecule has 0 spiro atoms. The van der Waals surface area contributed by atoms with E-state index in [1.165, 1.54) is 6.07 Å². The number of halogens is 5. The first-order valence-electron chi connectivity index (χ1n) is 5.03. The van der Waals surface area contributed by atoms with E-state index in [9.17, 15) is 4.39 Å². The zero-order valence-electron chi connectivity index (χ0n) is 8.93. The Hall–Kier alpha value is -0.470. The van der Waals surface area contributed by atoms with E-state index in [0.29, 0.717) is 21.2 Å². The molecule has 0 saturated carbocycles. The Bertz CT molecular complexity index is 583. The van der Waals surface area contributed by atoms with Crippen molar-refractivity contribution in [1.29, 1.82) is 0 Å². The molecule has 2 aromatic carbocycles. The smallest absolute Gasteiger partial charge is 0.146 e. The summed E-state index contributed by atoms with van der Waals surface area (Å²) < 4.78 is 13.8. The number of hydrogen-bond acceptors (Lipinski definition) is 0. The molecular weight excluding hydrogens is 317 g/mol. The summed E-state index contributed by atoms with van der Waals surface area (Å²) in [5.74, 6) is -0.523. The van der Waals surface area contributed by atoms with Crippen molar-refractivity contribution in [3.05, 3.63) is 68.4 Å². The summed E-state index contributed by atoms with van der Waals surface area (Å²) in [6.45, 7) is 0. The van der Waals surface area contributed by atoms with Crippen LogP contribution in [0.4, 0.5) is 4.39 Å². The van der Waals surface area contributed by atoms with Gasteiger partial charge in [0.2, 0.25) is 0 Å². The standard InChI is InChI=1S/C13H7Cl4F/c14-9-5-4-7(6-11(9)16)12(17)8-2-1-3-10(15)13(8)18/h1-6,12H. The van der Waals surface area contributed by atoms with Gasteiger partial charge in [-0.1, -0.05) is 53.0 Å². The van der Waals surface area contributed by atoms with Gasteiger partial charge in [0.15, 0.2) is 0 Å². The van der Waals surface area contributed by atoms with Crippen molar-refractivity contribution in [2.75, 3.05) is 0 Å². The maximum atomic E-state index is 13.8. The van der Waals surface area contributed by atoms with Crippen molar-refractivity contribution in [3.63, 3.8) is 0 Å². The molecule has 1 atom stereocenters. The zero-order valence-corrected chi connectivity index (χ0v) is 12.0. The first kappa shape index (κ1) is 14.0. The molecule has 0 saturated heterocycles. The molecule has 18 heavy (non-hydrogen) atoms. The Balaban J connectivity index is 2.44. The average Bonchev–Trinajstić information content (AvgIpc) is 2.35. The molecule has 5 heteroatoms. The molecule has 0 aliphatic heterocycles. The third kappa shape index (κ3) is 2.75. The molecule has 1 unspecified atom stereocenters. The summed E-state index contributed by atoms with van der Waals surface area (Å²) in [5.41, 5.74) is 0.967. The molecule has 0 amide bonds. The van der Waals surface area contributed by atoms with Gasteiger partial charge in [-0.2, -0.15) is 0 Å². The highest BCUT2D eigenvalue weighted by Crippen LogP contribution is 2.35. The van der Waals surface area contributed by atoms with E-state index >= 15 is 0 Å². The predicted molar refractivity (Wildman–Crippen MR) is 75.6 cm³/mol. The van der Waals surface area contributed by atoms with E-state index in [1.54, 1.807) is 30.3 Å². The Kier molecular flexibility index (Phi) is 4.39. The number of hydrogen-bond donors (Lipinski definition) is 0. The highest BCUT2D eigenvalue weighted by Gasteiger charge is 2.17. The van der Waals surface area contributed by atoms with E-state index < -0.39 is 11.2 Å². The monoisotopic (exact) mass is 322 g/mol. The van der Waals surface area contributed by atoms with Gasteiger partial charge in [0, 0.05) is 5.56 Å². The Labute approximate surface area is 124 Å². The largest absolute Gasteiger partial charge is 0.205 e. The van der Waals surface area contributed by atoms with Gasteiger partial charge in [-0.3, -0.25) is 0 Å². The quantitative estimate of drug-likeness (QED) is 0.584. The van der Waals surface area contributed by atoms with E-state index in [-0.39, 0.29) is 5.02 Å². The number of alkyl halides is 1. The van der Waals surface area contributed by atoms with Gasteiger partial charge in [0.1, 0.15) is 5.82 Å². The van der Waals surface area contributed by atoms with Crippen molar-refractivity contribution in [3.8, 4) is 0 Å². The summed E-state index contributed by atoms with van der Waals surface area (Å²) in [6.07, 6.45) is 0.